The highest BCUT2D eigenvalue weighted by Gasteiger charge is 2.42. The van der Waals surface area contributed by atoms with Gasteiger partial charge >= 0.3 is 18.3 Å². The molecule has 0 atom stereocenters. The van der Waals surface area contributed by atoms with Gasteiger partial charge in [0.2, 0.25) is 5.88 Å². The molecule has 1 aliphatic rings. The second kappa shape index (κ2) is 8.11. The maximum atomic E-state index is 12.8. The van der Waals surface area contributed by atoms with Gasteiger partial charge in [-0.2, -0.15) is 20.5 Å². The molecule has 2 N–H and O–H groups in total. The number of carbonyl (C=O) groups is 2. The summed E-state index contributed by atoms with van der Waals surface area (Å²) in [5, 5.41) is 11.9. The molecule has 1 amide bonds. The second-order valence-electron chi connectivity index (χ2n) is 5.69. The van der Waals surface area contributed by atoms with Crippen molar-refractivity contribution in [1.29, 1.82) is 0 Å². The van der Waals surface area contributed by atoms with Crippen LogP contribution in [-0.4, -0.2) is 58.0 Å². The molecule has 0 saturated carbocycles. The van der Waals surface area contributed by atoms with Crippen molar-refractivity contribution in [3.63, 3.8) is 0 Å². The number of halogens is 4. The van der Waals surface area contributed by atoms with Gasteiger partial charge in [-0.1, -0.05) is 0 Å². The highest BCUT2D eigenvalue weighted by molar-refractivity contribution is 7.99. The maximum absolute atomic E-state index is 12.8. The van der Waals surface area contributed by atoms with Gasteiger partial charge < -0.3 is 15.2 Å². The highest BCUT2D eigenvalue weighted by Crippen LogP contribution is 2.28. The van der Waals surface area contributed by atoms with Crippen molar-refractivity contribution in [2.24, 2.45) is 0 Å². The third-order valence-corrected chi connectivity index (χ3v) is 4.82. The molecule has 0 aliphatic carbocycles. The number of thioether (sulfide) groups is 1. The molecule has 2 heterocycles. The Morgan fingerprint density at radius 2 is 2.00 bits per heavy atom. The summed E-state index contributed by atoms with van der Waals surface area (Å²) < 4.78 is 54.2. The molecular formula is C15H16F4N2O4S. The zero-order chi connectivity index (χ0) is 19.4. The van der Waals surface area contributed by atoms with Crippen LogP contribution >= 0.6 is 11.8 Å². The van der Waals surface area contributed by atoms with E-state index in [2.05, 4.69) is 15.0 Å². The van der Waals surface area contributed by atoms with E-state index in [0.717, 1.165) is 12.3 Å². The number of aliphatic carboxylic acids is 1. The van der Waals surface area contributed by atoms with E-state index in [9.17, 15) is 32.3 Å². The average molecular weight is 396 g/mol. The lowest BCUT2D eigenvalue weighted by Crippen LogP contribution is -2.56. The van der Waals surface area contributed by atoms with Crippen molar-refractivity contribution in [2.75, 3.05) is 18.1 Å². The minimum Gasteiger partial charge on any atom is -0.480 e. The maximum Gasteiger partial charge on any atom is 0.340 e. The first kappa shape index (κ1) is 20.3. The highest BCUT2D eigenvalue weighted by atomic mass is 32.2. The number of hydrogen-bond donors (Lipinski definition) is 2. The number of carbonyl (C=O) groups excluding carboxylic acids is 1. The van der Waals surface area contributed by atoms with E-state index < -0.39 is 36.4 Å². The fraction of sp³-hybridized carbons (Fsp3) is 0.533. The first-order valence-corrected chi connectivity index (χ1v) is 8.70. The zero-order valence-electron chi connectivity index (χ0n) is 13.4. The van der Waals surface area contributed by atoms with Gasteiger partial charge in [0.05, 0.1) is 5.56 Å². The van der Waals surface area contributed by atoms with E-state index in [1.165, 1.54) is 6.07 Å². The summed E-state index contributed by atoms with van der Waals surface area (Å²) in [6.45, 7) is -1.55. The number of carboxylic acids is 1. The van der Waals surface area contributed by atoms with Crippen molar-refractivity contribution >= 4 is 23.6 Å². The molecule has 0 bridgehead atoms. The van der Waals surface area contributed by atoms with Crippen LogP contribution in [0.2, 0.25) is 0 Å². The Labute approximate surface area is 150 Å². The molecule has 26 heavy (non-hydrogen) atoms. The van der Waals surface area contributed by atoms with Gasteiger partial charge in [0.15, 0.2) is 6.61 Å². The van der Waals surface area contributed by atoms with Crippen LogP contribution in [0.4, 0.5) is 17.6 Å². The number of nitrogens with one attached hydrogen (secondary N) is 1. The summed E-state index contributed by atoms with van der Waals surface area (Å²) in [6.07, 6.45) is -2.32. The first-order valence-electron chi connectivity index (χ1n) is 7.55. The SMILES string of the molecule is O=C(NC1(C(=O)O)CCSCC1)c1ccc(OCC(F)(F)C(F)F)nc1. The number of carboxylic acid groups (broad SMARTS) is 1. The fourth-order valence-corrected chi connectivity index (χ4v) is 3.42. The van der Waals surface area contributed by atoms with Crippen molar-refractivity contribution in [3.8, 4) is 5.88 Å². The van der Waals surface area contributed by atoms with Crippen LogP contribution in [0.1, 0.15) is 23.2 Å². The van der Waals surface area contributed by atoms with Gasteiger partial charge in [-0.25, -0.2) is 18.6 Å². The molecular weight excluding hydrogens is 380 g/mol. The van der Waals surface area contributed by atoms with Gasteiger partial charge in [0, 0.05) is 12.3 Å². The Morgan fingerprint density at radius 3 is 2.50 bits per heavy atom. The van der Waals surface area contributed by atoms with Crippen LogP contribution in [0, 0.1) is 0 Å². The quantitative estimate of drug-likeness (QED) is 0.689. The molecule has 1 aromatic heterocycles. The Balaban J connectivity index is 2.01. The smallest absolute Gasteiger partial charge is 0.340 e. The number of nitrogens with zero attached hydrogens (tertiary/aromatic N) is 1. The Bertz CT molecular complexity index is 652. The molecule has 1 saturated heterocycles. The van der Waals surface area contributed by atoms with Crippen LogP contribution in [0.25, 0.3) is 0 Å². The lowest BCUT2D eigenvalue weighted by Gasteiger charge is -2.33. The molecule has 0 aromatic carbocycles. The number of aromatic nitrogens is 1. The van der Waals surface area contributed by atoms with Crippen molar-refractivity contribution in [3.05, 3.63) is 23.9 Å². The first-order chi connectivity index (χ1) is 12.2. The van der Waals surface area contributed by atoms with Crippen LogP contribution in [0.5, 0.6) is 5.88 Å². The van der Waals surface area contributed by atoms with Gasteiger partial charge in [-0.3, -0.25) is 4.79 Å². The average Bonchev–Trinajstić information content (AvgIpc) is 2.61. The molecule has 11 heteroatoms. The molecule has 2 rings (SSSR count). The predicted octanol–water partition coefficient (Wildman–Crippen LogP) is 2.44. The Morgan fingerprint density at radius 1 is 1.35 bits per heavy atom. The van der Waals surface area contributed by atoms with E-state index in [1.54, 1.807) is 11.8 Å². The number of amides is 1. The van der Waals surface area contributed by atoms with Crippen LogP contribution < -0.4 is 10.1 Å². The summed E-state index contributed by atoms with van der Waals surface area (Å²) in [7, 11) is 0. The predicted molar refractivity (Wildman–Crippen MR) is 85.1 cm³/mol. The summed E-state index contributed by atoms with van der Waals surface area (Å²) >= 11 is 1.59. The van der Waals surface area contributed by atoms with Crippen LogP contribution in [0.3, 0.4) is 0 Å². The zero-order valence-corrected chi connectivity index (χ0v) is 14.2. The summed E-state index contributed by atoms with van der Waals surface area (Å²) in [6, 6.07) is 2.26. The lowest BCUT2D eigenvalue weighted by atomic mass is 9.92. The fourth-order valence-electron chi connectivity index (χ4n) is 2.23. The number of ether oxygens (including phenoxy) is 1. The summed E-state index contributed by atoms with van der Waals surface area (Å²) in [4.78, 5) is 27.4. The Kier molecular flexibility index (Phi) is 6.32. The van der Waals surface area contributed by atoms with Crippen molar-refractivity contribution in [2.45, 2.75) is 30.7 Å². The van der Waals surface area contributed by atoms with Gasteiger partial charge in [-0.05, 0) is 30.4 Å². The third kappa shape index (κ3) is 4.77. The van der Waals surface area contributed by atoms with Crippen molar-refractivity contribution in [1.82, 2.24) is 10.3 Å². The molecule has 0 spiro atoms. The Hall–Kier alpha value is -2.04. The minimum atomic E-state index is -4.31. The standard InChI is InChI=1S/C15H16F4N2O4S/c16-12(17)15(18,19)8-25-10-2-1-9(7-20-10)11(22)21-14(13(23)24)3-5-26-6-4-14/h1-2,7,12H,3-6,8H2,(H,21,22)(H,23,24). The monoisotopic (exact) mass is 396 g/mol. The van der Waals surface area contributed by atoms with Gasteiger partial charge in [0.25, 0.3) is 5.91 Å². The largest absolute Gasteiger partial charge is 0.480 e. The van der Waals surface area contributed by atoms with E-state index in [1.807, 2.05) is 0 Å². The number of pyridine rings is 1. The number of hydrogen-bond acceptors (Lipinski definition) is 5. The van der Waals surface area contributed by atoms with E-state index in [-0.39, 0.29) is 24.3 Å². The van der Waals surface area contributed by atoms with Gasteiger partial charge in [0.1, 0.15) is 5.54 Å². The molecule has 1 aromatic rings. The number of rotatable bonds is 7. The number of alkyl halides is 4. The van der Waals surface area contributed by atoms with Gasteiger partial charge in [-0.15, -0.1) is 0 Å². The van der Waals surface area contributed by atoms with Crippen molar-refractivity contribution < 1.29 is 37.0 Å². The molecule has 0 radical (unpaired) electrons. The lowest BCUT2D eigenvalue weighted by molar-refractivity contribution is -0.148. The molecule has 144 valence electrons. The molecule has 6 nitrogen and oxygen atoms in total. The van der Waals surface area contributed by atoms with Crippen LogP contribution in [-0.2, 0) is 4.79 Å². The minimum absolute atomic E-state index is 0.00294. The molecule has 1 fully saturated rings. The van der Waals surface area contributed by atoms with Crippen LogP contribution in [0.15, 0.2) is 18.3 Å². The third-order valence-electron chi connectivity index (χ3n) is 3.84. The van der Waals surface area contributed by atoms with E-state index >= 15 is 0 Å². The molecule has 1 aliphatic heterocycles. The summed E-state index contributed by atoms with van der Waals surface area (Å²) in [5.41, 5.74) is -1.37. The molecule has 0 unspecified atom stereocenters. The second-order valence-corrected chi connectivity index (χ2v) is 6.91. The van der Waals surface area contributed by atoms with E-state index in [4.69, 9.17) is 0 Å². The normalized spacial score (nSPS) is 17.0. The van der Waals surface area contributed by atoms with E-state index in [0.29, 0.717) is 11.5 Å². The summed E-state index contributed by atoms with van der Waals surface area (Å²) in [5.74, 6) is -5.30. The topological polar surface area (TPSA) is 88.5 Å².